The third-order valence-electron chi connectivity index (χ3n) is 3.41. The molecule has 0 bridgehead atoms. The Labute approximate surface area is 102 Å². The van der Waals surface area contributed by atoms with Gasteiger partial charge in [-0.05, 0) is 50.1 Å². The van der Waals surface area contributed by atoms with Crippen LogP contribution in [0.4, 0.5) is 0 Å². The van der Waals surface area contributed by atoms with Gasteiger partial charge < -0.3 is 10.1 Å². The highest BCUT2D eigenvalue weighted by Gasteiger charge is 2.35. The minimum atomic E-state index is 0.407. The Hall–Kier alpha value is -0.380. The third kappa shape index (κ3) is 3.06. The Morgan fingerprint density at radius 1 is 1.56 bits per heavy atom. The molecule has 1 aromatic heterocycles. The first-order valence-electron chi connectivity index (χ1n) is 6.07. The van der Waals surface area contributed by atoms with Crippen molar-refractivity contribution in [2.24, 2.45) is 5.92 Å². The molecule has 2 unspecified atom stereocenters. The van der Waals surface area contributed by atoms with Crippen molar-refractivity contribution in [3.8, 4) is 0 Å². The largest absolute Gasteiger partial charge is 0.380 e. The van der Waals surface area contributed by atoms with Gasteiger partial charge in [0.1, 0.15) is 0 Å². The van der Waals surface area contributed by atoms with Crippen molar-refractivity contribution in [1.82, 2.24) is 5.32 Å². The normalized spacial score (nSPS) is 19.6. The fourth-order valence-electron chi connectivity index (χ4n) is 2.34. The summed E-state index contributed by atoms with van der Waals surface area (Å²) in [5.74, 6) is 0.797. The fourth-order valence-corrected chi connectivity index (χ4v) is 3.06. The molecule has 1 fully saturated rings. The summed E-state index contributed by atoms with van der Waals surface area (Å²) in [5, 5.41) is 5.57. The monoisotopic (exact) mass is 239 g/mol. The second kappa shape index (κ2) is 5.80. The lowest BCUT2D eigenvalue weighted by Crippen LogP contribution is -2.40. The number of hydrogen-bond acceptors (Lipinski definition) is 3. The molecule has 0 spiro atoms. The summed E-state index contributed by atoms with van der Waals surface area (Å²) in [7, 11) is 3.89. The van der Waals surface area contributed by atoms with E-state index >= 15 is 0 Å². The number of nitrogens with one attached hydrogen (secondary N) is 1. The lowest BCUT2D eigenvalue weighted by molar-refractivity contribution is 0.0509. The maximum Gasteiger partial charge on any atom is 0.0752 e. The smallest absolute Gasteiger partial charge is 0.0752 e. The Kier molecular flexibility index (Phi) is 4.38. The molecule has 1 N–H and O–H groups in total. The summed E-state index contributed by atoms with van der Waals surface area (Å²) in [6, 6.07) is 4.85. The molecule has 1 aliphatic rings. The Morgan fingerprint density at radius 3 is 2.88 bits per heavy atom. The first kappa shape index (κ1) is 12.1. The zero-order valence-corrected chi connectivity index (χ0v) is 10.9. The average molecular weight is 239 g/mol. The van der Waals surface area contributed by atoms with Gasteiger partial charge >= 0.3 is 0 Å². The molecule has 1 aliphatic carbocycles. The van der Waals surface area contributed by atoms with Gasteiger partial charge in [-0.2, -0.15) is 0 Å². The standard InChI is InChI=1S/C13H21NOS/c1-14-12(13(15-2)10-5-6-10)8-7-11-4-3-9-16-11/h3-4,9-10,12-14H,5-8H2,1-2H3. The van der Waals surface area contributed by atoms with Gasteiger partial charge in [0.2, 0.25) is 0 Å². The summed E-state index contributed by atoms with van der Waals surface area (Å²) in [6.45, 7) is 0. The molecule has 1 aromatic rings. The highest BCUT2D eigenvalue weighted by molar-refractivity contribution is 7.09. The number of thiophene rings is 1. The highest BCUT2D eigenvalue weighted by Crippen LogP contribution is 2.36. The second-order valence-corrected chi connectivity index (χ2v) is 5.58. The van der Waals surface area contributed by atoms with Crippen molar-refractivity contribution < 1.29 is 4.74 Å². The van der Waals surface area contributed by atoms with Crippen molar-refractivity contribution >= 4 is 11.3 Å². The van der Waals surface area contributed by atoms with Crippen LogP contribution in [0.1, 0.15) is 24.1 Å². The number of likely N-dealkylation sites (N-methyl/N-ethyl adjacent to an activating group) is 1. The van der Waals surface area contributed by atoms with Crippen LogP contribution >= 0.6 is 11.3 Å². The summed E-state index contributed by atoms with van der Waals surface area (Å²) >= 11 is 1.85. The molecule has 1 heterocycles. The van der Waals surface area contributed by atoms with E-state index in [-0.39, 0.29) is 0 Å². The SMILES string of the molecule is CNC(CCc1cccs1)C(OC)C1CC1. The molecule has 0 radical (unpaired) electrons. The van der Waals surface area contributed by atoms with Gasteiger partial charge in [0.05, 0.1) is 6.10 Å². The maximum atomic E-state index is 5.64. The number of ether oxygens (including phenoxy) is 1. The third-order valence-corrected chi connectivity index (χ3v) is 4.34. The lowest BCUT2D eigenvalue weighted by atomic mass is 10.0. The van der Waals surface area contributed by atoms with Crippen molar-refractivity contribution in [3.63, 3.8) is 0 Å². The zero-order valence-electron chi connectivity index (χ0n) is 10.1. The van der Waals surface area contributed by atoms with Crippen LogP contribution in [-0.2, 0) is 11.2 Å². The fraction of sp³-hybridized carbons (Fsp3) is 0.692. The molecule has 1 saturated carbocycles. The maximum absolute atomic E-state index is 5.64. The van der Waals surface area contributed by atoms with Crippen molar-refractivity contribution in [2.75, 3.05) is 14.2 Å². The molecular formula is C13H21NOS. The molecule has 2 rings (SSSR count). The summed E-state index contributed by atoms with van der Waals surface area (Å²) in [6.07, 6.45) is 5.43. The van der Waals surface area contributed by atoms with Crippen LogP contribution in [0.2, 0.25) is 0 Å². The van der Waals surface area contributed by atoms with E-state index < -0.39 is 0 Å². The van der Waals surface area contributed by atoms with Crippen LogP contribution in [0.5, 0.6) is 0 Å². The first-order valence-corrected chi connectivity index (χ1v) is 6.95. The molecule has 0 aliphatic heterocycles. The molecule has 90 valence electrons. The second-order valence-electron chi connectivity index (χ2n) is 4.55. The van der Waals surface area contributed by atoms with Crippen LogP contribution in [-0.4, -0.2) is 26.3 Å². The zero-order chi connectivity index (χ0) is 11.4. The molecule has 0 aromatic carbocycles. The molecule has 16 heavy (non-hydrogen) atoms. The van der Waals surface area contributed by atoms with Gasteiger partial charge in [-0.3, -0.25) is 0 Å². The van der Waals surface area contributed by atoms with Crippen molar-refractivity contribution in [2.45, 2.75) is 37.8 Å². The molecule has 0 amide bonds. The average Bonchev–Trinajstić information content (AvgIpc) is 3.00. The van der Waals surface area contributed by atoms with E-state index in [2.05, 4.69) is 22.8 Å². The summed E-state index contributed by atoms with van der Waals surface area (Å²) in [5.41, 5.74) is 0. The topological polar surface area (TPSA) is 21.3 Å². The summed E-state index contributed by atoms with van der Waals surface area (Å²) < 4.78 is 5.64. The number of rotatable bonds is 7. The van der Waals surface area contributed by atoms with Gasteiger partial charge in [-0.25, -0.2) is 0 Å². The Morgan fingerprint density at radius 2 is 2.38 bits per heavy atom. The van der Waals surface area contributed by atoms with E-state index in [4.69, 9.17) is 4.74 Å². The predicted molar refractivity (Wildman–Crippen MR) is 69.0 cm³/mol. The van der Waals surface area contributed by atoms with Crippen molar-refractivity contribution in [1.29, 1.82) is 0 Å². The van der Waals surface area contributed by atoms with Gasteiger partial charge in [0.25, 0.3) is 0 Å². The van der Waals surface area contributed by atoms with Gasteiger partial charge in [-0.15, -0.1) is 11.3 Å². The Balaban J connectivity index is 1.84. The molecular weight excluding hydrogens is 218 g/mol. The van der Waals surface area contributed by atoms with E-state index in [1.54, 1.807) is 0 Å². The number of methoxy groups -OCH3 is 1. The molecule has 2 atom stereocenters. The van der Waals surface area contributed by atoms with Crippen LogP contribution in [0, 0.1) is 5.92 Å². The van der Waals surface area contributed by atoms with E-state index in [9.17, 15) is 0 Å². The van der Waals surface area contributed by atoms with E-state index in [0.29, 0.717) is 12.1 Å². The van der Waals surface area contributed by atoms with Crippen LogP contribution in [0.15, 0.2) is 17.5 Å². The van der Waals surface area contributed by atoms with Crippen molar-refractivity contribution in [3.05, 3.63) is 22.4 Å². The predicted octanol–water partition coefficient (Wildman–Crippen LogP) is 2.69. The molecule has 2 nitrogen and oxygen atoms in total. The van der Waals surface area contributed by atoms with E-state index in [1.165, 1.54) is 24.1 Å². The summed E-state index contributed by atoms with van der Waals surface area (Å²) in [4.78, 5) is 1.48. The number of aryl methyl sites for hydroxylation is 1. The lowest BCUT2D eigenvalue weighted by Gasteiger charge is -2.25. The van der Waals surface area contributed by atoms with Gasteiger partial charge in [-0.1, -0.05) is 6.07 Å². The van der Waals surface area contributed by atoms with Gasteiger partial charge in [0.15, 0.2) is 0 Å². The van der Waals surface area contributed by atoms with E-state index in [1.807, 2.05) is 25.5 Å². The van der Waals surface area contributed by atoms with Gasteiger partial charge in [0, 0.05) is 18.0 Å². The quantitative estimate of drug-likeness (QED) is 0.790. The number of hydrogen-bond donors (Lipinski definition) is 1. The minimum absolute atomic E-state index is 0.407. The highest BCUT2D eigenvalue weighted by atomic mass is 32.1. The van der Waals surface area contributed by atoms with Crippen LogP contribution in [0.25, 0.3) is 0 Å². The Bertz CT molecular complexity index is 295. The molecule has 3 heteroatoms. The minimum Gasteiger partial charge on any atom is -0.380 e. The first-order chi connectivity index (χ1) is 7.85. The van der Waals surface area contributed by atoms with E-state index in [0.717, 1.165) is 12.3 Å². The van der Waals surface area contributed by atoms with Crippen LogP contribution < -0.4 is 5.32 Å². The molecule has 0 saturated heterocycles. The van der Waals surface area contributed by atoms with Crippen LogP contribution in [0.3, 0.4) is 0 Å².